The molecule has 1 saturated carbocycles. The van der Waals surface area contributed by atoms with Crippen molar-refractivity contribution in [2.75, 3.05) is 10.6 Å². The SMILES string of the molecule is C[C@H](Sc1nnc(NC2CCCCC2)s1)C(=O)Nc1ccc(Cl)cc1. The first-order valence-electron chi connectivity index (χ1n) is 8.43. The van der Waals surface area contributed by atoms with E-state index in [2.05, 4.69) is 20.8 Å². The van der Waals surface area contributed by atoms with Crippen molar-refractivity contribution < 1.29 is 4.79 Å². The Morgan fingerprint density at radius 2 is 1.96 bits per heavy atom. The molecule has 1 amide bonds. The van der Waals surface area contributed by atoms with Gasteiger partial charge in [0.1, 0.15) is 0 Å². The number of carbonyl (C=O) groups excluding carboxylic acids is 1. The monoisotopic (exact) mass is 396 g/mol. The van der Waals surface area contributed by atoms with Crippen molar-refractivity contribution in [1.82, 2.24) is 10.2 Å². The van der Waals surface area contributed by atoms with Crippen molar-refractivity contribution >= 4 is 51.4 Å². The van der Waals surface area contributed by atoms with Gasteiger partial charge in [0.05, 0.1) is 5.25 Å². The largest absolute Gasteiger partial charge is 0.357 e. The number of nitrogens with zero attached hydrogens (tertiary/aromatic N) is 2. The molecule has 0 unspecified atom stereocenters. The minimum Gasteiger partial charge on any atom is -0.357 e. The van der Waals surface area contributed by atoms with Gasteiger partial charge in [-0.2, -0.15) is 0 Å². The first-order valence-corrected chi connectivity index (χ1v) is 10.5. The van der Waals surface area contributed by atoms with Gasteiger partial charge in [0.15, 0.2) is 4.34 Å². The third-order valence-electron chi connectivity index (χ3n) is 4.10. The predicted octanol–water partition coefficient (Wildman–Crippen LogP) is 5.06. The molecule has 1 fully saturated rings. The molecule has 0 bridgehead atoms. The fraction of sp³-hybridized carbons (Fsp3) is 0.471. The van der Waals surface area contributed by atoms with Crippen molar-refractivity contribution in [2.45, 2.75) is 54.7 Å². The van der Waals surface area contributed by atoms with Gasteiger partial charge >= 0.3 is 0 Å². The van der Waals surface area contributed by atoms with Gasteiger partial charge < -0.3 is 10.6 Å². The zero-order valence-electron chi connectivity index (χ0n) is 14.0. The maximum atomic E-state index is 12.3. The van der Waals surface area contributed by atoms with E-state index in [0.29, 0.717) is 11.1 Å². The highest BCUT2D eigenvalue weighted by molar-refractivity contribution is 8.02. The van der Waals surface area contributed by atoms with Crippen molar-refractivity contribution in [1.29, 1.82) is 0 Å². The number of aromatic nitrogens is 2. The fourth-order valence-electron chi connectivity index (χ4n) is 2.72. The van der Waals surface area contributed by atoms with Crippen LogP contribution in [0.4, 0.5) is 10.8 Å². The van der Waals surface area contributed by atoms with Crippen LogP contribution in [0.3, 0.4) is 0 Å². The van der Waals surface area contributed by atoms with Crippen molar-refractivity contribution in [3.8, 4) is 0 Å². The molecule has 0 radical (unpaired) electrons. The third kappa shape index (κ3) is 5.59. The Bertz CT molecular complexity index is 701. The Hall–Kier alpha value is -1.31. The molecule has 1 aromatic heterocycles. The van der Waals surface area contributed by atoms with E-state index >= 15 is 0 Å². The van der Waals surface area contributed by atoms with Gasteiger partial charge in [-0.1, -0.05) is 54.0 Å². The van der Waals surface area contributed by atoms with Gasteiger partial charge in [0.2, 0.25) is 11.0 Å². The first kappa shape index (κ1) is 18.5. The molecule has 3 rings (SSSR count). The van der Waals surface area contributed by atoms with Crippen LogP contribution in [0.2, 0.25) is 5.02 Å². The summed E-state index contributed by atoms with van der Waals surface area (Å²) < 4.78 is 0.803. The lowest BCUT2D eigenvalue weighted by atomic mass is 9.96. The van der Waals surface area contributed by atoms with E-state index in [0.717, 1.165) is 15.2 Å². The molecular formula is C17H21ClN4OS2. The summed E-state index contributed by atoms with van der Waals surface area (Å²) in [4.78, 5) is 12.3. The molecule has 25 heavy (non-hydrogen) atoms. The van der Waals surface area contributed by atoms with E-state index in [4.69, 9.17) is 11.6 Å². The summed E-state index contributed by atoms with van der Waals surface area (Å²) in [6.45, 7) is 1.87. The van der Waals surface area contributed by atoms with E-state index in [1.54, 1.807) is 24.3 Å². The van der Waals surface area contributed by atoms with Crippen LogP contribution in [0.1, 0.15) is 39.0 Å². The van der Waals surface area contributed by atoms with E-state index < -0.39 is 0 Å². The molecular weight excluding hydrogens is 376 g/mol. The molecule has 1 aromatic carbocycles. The number of nitrogens with one attached hydrogen (secondary N) is 2. The first-order chi connectivity index (χ1) is 12.1. The third-order valence-corrected chi connectivity index (χ3v) is 6.39. The average Bonchev–Trinajstić information content (AvgIpc) is 3.04. The summed E-state index contributed by atoms with van der Waals surface area (Å²) in [5.74, 6) is -0.0655. The molecule has 8 heteroatoms. The van der Waals surface area contributed by atoms with Crippen LogP contribution in [-0.2, 0) is 4.79 Å². The molecule has 2 N–H and O–H groups in total. The number of hydrogen-bond donors (Lipinski definition) is 2. The highest BCUT2D eigenvalue weighted by atomic mass is 35.5. The highest BCUT2D eigenvalue weighted by Crippen LogP contribution is 2.31. The molecule has 5 nitrogen and oxygen atoms in total. The molecule has 1 heterocycles. The number of benzene rings is 1. The van der Waals surface area contributed by atoms with Crippen molar-refractivity contribution in [3.63, 3.8) is 0 Å². The fourth-order valence-corrected chi connectivity index (χ4v) is 4.82. The number of rotatable bonds is 6. The minimum absolute atomic E-state index is 0.0655. The Kier molecular flexibility index (Phi) is 6.56. The highest BCUT2D eigenvalue weighted by Gasteiger charge is 2.19. The van der Waals surface area contributed by atoms with Crippen LogP contribution in [0.15, 0.2) is 28.6 Å². The van der Waals surface area contributed by atoms with Crippen LogP contribution in [0, 0.1) is 0 Å². The van der Waals surface area contributed by atoms with Crippen LogP contribution in [0.25, 0.3) is 0 Å². The second kappa shape index (κ2) is 8.87. The standard InChI is InChI=1S/C17H21ClN4OS2/c1-11(15(23)19-14-9-7-12(18)8-10-14)24-17-22-21-16(25-17)20-13-5-3-2-4-6-13/h7-11,13H,2-6H2,1H3,(H,19,23)(H,20,21)/t11-/m0/s1. The number of anilines is 2. The van der Waals surface area contributed by atoms with Crippen molar-refractivity contribution in [2.24, 2.45) is 0 Å². The summed E-state index contributed by atoms with van der Waals surface area (Å²) in [5, 5.41) is 16.0. The molecule has 1 atom stereocenters. The second-order valence-corrected chi connectivity index (χ2v) is 9.11. The number of thioether (sulfide) groups is 1. The predicted molar refractivity (Wildman–Crippen MR) is 106 cm³/mol. The molecule has 0 aliphatic heterocycles. The zero-order chi connectivity index (χ0) is 17.6. The van der Waals surface area contributed by atoms with Gasteiger partial charge in [0, 0.05) is 16.8 Å². The lowest BCUT2D eigenvalue weighted by molar-refractivity contribution is -0.115. The van der Waals surface area contributed by atoms with Gasteiger partial charge in [0.25, 0.3) is 0 Å². The summed E-state index contributed by atoms with van der Waals surface area (Å²) in [7, 11) is 0. The smallest absolute Gasteiger partial charge is 0.237 e. The van der Waals surface area contributed by atoms with Gasteiger partial charge in [-0.3, -0.25) is 4.79 Å². The number of halogens is 1. The van der Waals surface area contributed by atoms with E-state index in [9.17, 15) is 4.79 Å². The van der Waals surface area contributed by atoms with E-state index in [1.807, 2.05) is 6.92 Å². The molecule has 1 aliphatic carbocycles. The van der Waals surface area contributed by atoms with Crippen molar-refractivity contribution in [3.05, 3.63) is 29.3 Å². The molecule has 0 saturated heterocycles. The second-order valence-electron chi connectivity index (χ2n) is 6.11. The van der Waals surface area contributed by atoms with E-state index in [1.165, 1.54) is 55.2 Å². The van der Waals surface area contributed by atoms with Crippen LogP contribution in [0.5, 0.6) is 0 Å². The van der Waals surface area contributed by atoms with Gasteiger partial charge in [-0.25, -0.2) is 0 Å². The lowest BCUT2D eigenvalue weighted by Gasteiger charge is -2.21. The van der Waals surface area contributed by atoms with Gasteiger partial charge in [-0.05, 0) is 44.0 Å². The van der Waals surface area contributed by atoms with Crippen LogP contribution in [-0.4, -0.2) is 27.4 Å². The zero-order valence-corrected chi connectivity index (χ0v) is 16.4. The Balaban J connectivity index is 1.51. The van der Waals surface area contributed by atoms with Gasteiger partial charge in [-0.15, -0.1) is 10.2 Å². The molecule has 1 aliphatic rings. The summed E-state index contributed by atoms with van der Waals surface area (Å²) in [5.41, 5.74) is 0.735. The molecule has 134 valence electrons. The van der Waals surface area contributed by atoms with E-state index in [-0.39, 0.29) is 11.2 Å². The number of carbonyl (C=O) groups is 1. The maximum absolute atomic E-state index is 12.3. The summed E-state index contributed by atoms with van der Waals surface area (Å²) in [6.07, 6.45) is 6.28. The van der Waals surface area contributed by atoms with Crippen LogP contribution >= 0.6 is 34.7 Å². The Morgan fingerprint density at radius 3 is 2.68 bits per heavy atom. The molecule has 0 spiro atoms. The topological polar surface area (TPSA) is 66.9 Å². The number of hydrogen-bond acceptors (Lipinski definition) is 6. The normalized spacial score (nSPS) is 16.4. The Morgan fingerprint density at radius 1 is 1.24 bits per heavy atom. The van der Waals surface area contributed by atoms with Crippen LogP contribution < -0.4 is 10.6 Å². The molecule has 2 aromatic rings. The summed E-state index contributed by atoms with van der Waals surface area (Å²) >= 11 is 8.79. The average molecular weight is 397 g/mol. The minimum atomic E-state index is -0.258. The number of amides is 1. The quantitative estimate of drug-likeness (QED) is 0.668. The Labute approximate surface area is 161 Å². The lowest BCUT2D eigenvalue weighted by Crippen LogP contribution is -2.22. The maximum Gasteiger partial charge on any atom is 0.237 e. The summed E-state index contributed by atoms with van der Waals surface area (Å²) in [6, 6.07) is 7.58.